The third kappa shape index (κ3) is 5.28. The standard InChI is InChI=1S/C23H28F3N3O3/c24-23(25,26)15-3-1-2-14(10-15)22-27-7-4-17(29-22)11-18-19(13-30)21(31)12-20(18)28-16-5-8-32-9-6-16/h1-4,7,10,16,18-21,28,30-31H,5-6,8-9,11-13H2. The van der Waals surface area contributed by atoms with Gasteiger partial charge in [0.25, 0.3) is 0 Å². The van der Waals surface area contributed by atoms with Gasteiger partial charge in [0, 0.05) is 55.3 Å². The van der Waals surface area contributed by atoms with Gasteiger partial charge in [0.2, 0.25) is 0 Å². The molecule has 4 unspecified atom stereocenters. The Kier molecular flexibility index (Phi) is 7.09. The molecule has 0 spiro atoms. The quantitative estimate of drug-likeness (QED) is 0.626. The summed E-state index contributed by atoms with van der Waals surface area (Å²) >= 11 is 0. The van der Waals surface area contributed by atoms with Crippen LogP contribution in [0.25, 0.3) is 11.4 Å². The molecule has 1 aromatic carbocycles. The van der Waals surface area contributed by atoms with Crippen LogP contribution in [0.4, 0.5) is 13.2 Å². The minimum atomic E-state index is -4.44. The molecule has 3 N–H and O–H groups in total. The number of aliphatic hydroxyl groups excluding tert-OH is 2. The monoisotopic (exact) mass is 451 g/mol. The highest BCUT2D eigenvalue weighted by Gasteiger charge is 2.43. The topological polar surface area (TPSA) is 87.5 Å². The Morgan fingerprint density at radius 1 is 1.12 bits per heavy atom. The summed E-state index contributed by atoms with van der Waals surface area (Å²) in [5.41, 5.74) is 0.219. The average molecular weight is 451 g/mol. The summed E-state index contributed by atoms with van der Waals surface area (Å²) < 4.78 is 44.7. The molecule has 2 fully saturated rings. The van der Waals surface area contributed by atoms with Crippen molar-refractivity contribution in [3.8, 4) is 11.4 Å². The van der Waals surface area contributed by atoms with Crippen LogP contribution in [0, 0.1) is 11.8 Å². The van der Waals surface area contributed by atoms with Crippen molar-refractivity contribution in [3.05, 3.63) is 47.8 Å². The fraction of sp³-hybridized carbons (Fsp3) is 0.565. The second kappa shape index (κ2) is 9.82. The molecule has 2 heterocycles. The molecule has 174 valence electrons. The second-order valence-corrected chi connectivity index (χ2v) is 8.63. The minimum Gasteiger partial charge on any atom is -0.396 e. The fourth-order valence-corrected chi connectivity index (χ4v) is 4.83. The van der Waals surface area contributed by atoms with Crippen molar-refractivity contribution in [2.75, 3.05) is 19.8 Å². The molecule has 4 rings (SSSR count). The molecule has 1 saturated carbocycles. The second-order valence-electron chi connectivity index (χ2n) is 8.63. The molecular formula is C23H28F3N3O3. The van der Waals surface area contributed by atoms with Crippen LogP contribution in [0.1, 0.15) is 30.5 Å². The highest BCUT2D eigenvalue weighted by Crippen LogP contribution is 2.36. The van der Waals surface area contributed by atoms with E-state index in [9.17, 15) is 23.4 Å². The van der Waals surface area contributed by atoms with E-state index < -0.39 is 17.8 Å². The first kappa shape index (κ1) is 23.1. The lowest BCUT2D eigenvalue weighted by Gasteiger charge is -2.31. The van der Waals surface area contributed by atoms with Gasteiger partial charge in [-0.05, 0) is 49.8 Å². The van der Waals surface area contributed by atoms with Crippen LogP contribution in [0.15, 0.2) is 36.5 Å². The summed E-state index contributed by atoms with van der Waals surface area (Å²) in [6.45, 7) is 1.27. The van der Waals surface area contributed by atoms with Crippen LogP contribution >= 0.6 is 0 Å². The maximum absolute atomic E-state index is 13.1. The Hall–Kier alpha value is -2.07. The number of hydrogen-bond donors (Lipinski definition) is 3. The maximum Gasteiger partial charge on any atom is 0.416 e. The molecule has 0 amide bonds. The maximum atomic E-state index is 13.1. The first-order valence-corrected chi connectivity index (χ1v) is 11.0. The van der Waals surface area contributed by atoms with E-state index in [4.69, 9.17) is 4.74 Å². The summed E-state index contributed by atoms with van der Waals surface area (Å²) in [5.74, 6) is -0.122. The van der Waals surface area contributed by atoms with Gasteiger partial charge < -0.3 is 20.3 Å². The molecule has 0 radical (unpaired) electrons. The minimum absolute atomic E-state index is 0.0113. The van der Waals surface area contributed by atoms with Crippen molar-refractivity contribution in [2.24, 2.45) is 11.8 Å². The summed E-state index contributed by atoms with van der Waals surface area (Å²) in [6.07, 6.45) is -0.696. The number of aliphatic hydroxyl groups is 2. The Balaban J connectivity index is 1.54. The molecule has 2 aromatic rings. The van der Waals surface area contributed by atoms with Crippen molar-refractivity contribution in [3.63, 3.8) is 0 Å². The van der Waals surface area contributed by atoms with E-state index in [1.165, 1.54) is 12.3 Å². The van der Waals surface area contributed by atoms with E-state index in [-0.39, 0.29) is 30.3 Å². The highest BCUT2D eigenvalue weighted by molar-refractivity contribution is 5.56. The molecule has 4 atom stereocenters. The number of nitrogens with one attached hydrogen (secondary N) is 1. The van der Waals surface area contributed by atoms with E-state index in [2.05, 4.69) is 15.3 Å². The van der Waals surface area contributed by atoms with Crippen molar-refractivity contribution < 1.29 is 28.1 Å². The average Bonchev–Trinajstić information content (AvgIpc) is 3.07. The fourth-order valence-electron chi connectivity index (χ4n) is 4.83. The van der Waals surface area contributed by atoms with Crippen molar-refractivity contribution in [1.29, 1.82) is 0 Å². The van der Waals surface area contributed by atoms with E-state index >= 15 is 0 Å². The Morgan fingerprint density at radius 2 is 1.91 bits per heavy atom. The number of alkyl halides is 3. The molecule has 1 aliphatic carbocycles. The zero-order valence-corrected chi connectivity index (χ0v) is 17.6. The SMILES string of the molecule is OCC1C(O)CC(NC2CCOCC2)C1Cc1ccnc(-c2cccc(C(F)(F)F)c2)n1. The van der Waals surface area contributed by atoms with Crippen molar-refractivity contribution in [2.45, 2.75) is 50.0 Å². The van der Waals surface area contributed by atoms with Crippen LogP contribution in [0.5, 0.6) is 0 Å². The lowest BCUT2D eigenvalue weighted by Crippen LogP contribution is -2.44. The number of rotatable bonds is 6. The first-order chi connectivity index (χ1) is 15.3. The van der Waals surface area contributed by atoms with Crippen LogP contribution < -0.4 is 5.32 Å². The van der Waals surface area contributed by atoms with Gasteiger partial charge in [0.15, 0.2) is 5.82 Å². The number of aromatic nitrogens is 2. The largest absolute Gasteiger partial charge is 0.416 e. The van der Waals surface area contributed by atoms with Gasteiger partial charge in [0.05, 0.1) is 11.7 Å². The smallest absolute Gasteiger partial charge is 0.396 e. The summed E-state index contributed by atoms with van der Waals surface area (Å²) in [5, 5.41) is 24.0. The molecule has 1 aliphatic heterocycles. The molecule has 0 bridgehead atoms. The molecule has 6 nitrogen and oxygen atoms in total. The number of hydrogen-bond acceptors (Lipinski definition) is 6. The number of halogens is 3. The molecule has 1 aromatic heterocycles. The van der Waals surface area contributed by atoms with Crippen molar-refractivity contribution in [1.82, 2.24) is 15.3 Å². The zero-order chi connectivity index (χ0) is 22.7. The highest BCUT2D eigenvalue weighted by atomic mass is 19.4. The van der Waals surface area contributed by atoms with Gasteiger partial charge in [-0.15, -0.1) is 0 Å². The van der Waals surface area contributed by atoms with Gasteiger partial charge in [-0.1, -0.05) is 12.1 Å². The van der Waals surface area contributed by atoms with Crippen LogP contribution in [-0.4, -0.2) is 58.2 Å². The van der Waals surface area contributed by atoms with Crippen LogP contribution in [-0.2, 0) is 17.3 Å². The first-order valence-electron chi connectivity index (χ1n) is 11.0. The van der Waals surface area contributed by atoms with E-state index in [0.29, 0.717) is 43.4 Å². The van der Waals surface area contributed by atoms with Gasteiger partial charge >= 0.3 is 6.18 Å². The van der Waals surface area contributed by atoms with Gasteiger partial charge in [0.1, 0.15) is 0 Å². The van der Waals surface area contributed by atoms with Crippen LogP contribution in [0.2, 0.25) is 0 Å². The third-order valence-corrected chi connectivity index (χ3v) is 6.54. The number of ether oxygens (including phenoxy) is 1. The summed E-state index contributed by atoms with van der Waals surface area (Å²) in [4.78, 5) is 8.68. The third-order valence-electron chi connectivity index (χ3n) is 6.54. The lowest BCUT2D eigenvalue weighted by molar-refractivity contribution is -0.137. The van der Waals surface area contributed by atoms with Crippen molar-refractivity contribution >= 4 is 0 Å². The Labute approximate surface area is 184 Å². The van der Waals surface area contributed by atoms with E-state index in [0.717, 1.165) is 25.0 Å². The normalized spacial score (nSPS) is 27.0. The van der Waals surface area contributed by atoms with Crippen LogP contribution in [0.3, 0.4) is 0 Å². The predicted molar refractivity (Wildman–Crippen MR) is 112 cm³/mol. The molecule has 32 heavy (non-hydrogen) atoms. The number of benzene rings is 1. The van der Waals surface area contributed by atoms with E-state index in [1.54, 1.807) is 12.1 Å². The van der Waals surface area contributed by atoms with Gasteiger partial charge in [-0.25, -0.2) is 9.97 Å². The number of nitrogens with zero attached hydrogens (tertiary/aromatic N) is 2. The van der Waals surface area contributed by atoms with Gasteiger partial charge in [-0.2, -0.15) is 13.2 Å². The molecule has 2 aliphatic rings. The summed E-state index contributed by atoms with van der Waals surface area (Å²) in [7, 11) is 0. The Bertz CT molecular complexity index is 905. The lowest BCUT2D eigenvalue weighted by atomic mass is 9.88. The predicted octanol–water partition coefficient (Wildman–Crippen LogP) is 2.83. The molecule has 1 saturated heterocycles. The summed E-state index contributed by atoms with van der Waals surface area (Å²) in [6, 6.07) is 7.01. The molecule has 9 heteroatoms. The molecular weight excluding hydrogens is 423 g/mol. The van der Waals surface area contributed by atoms with Gasteiger partial charge in [-0.3, -0.25) is 0 Å². The Morgan fingerprint density at radius 3 is 2.62 bits per heavy atom. The zero-order valence-electron chi connectivity index (χ0n) is 17.6. The van der Waals surface area contributed by atoms with E-state index in [1.807, 2.05) is 0 Å².